The monoisotopic (exact) mass is 748 g/mol. The summed E-state index contributed by atoms with van der Waals surface area (Å²) in [5.41, 5.74) is 3.48. The van der Waals surface area contributed by atoms with Crippen molar-refractivity contribution in [2.24, 2.45) is 5.92 Å². The Labute approximate surface area is 308 Å². The van der Waals surface area contributed by atoms with Crippen LogP contribution in [0.1, 0.15) is 18.1 Å². The molecule has 4 unspecified atom stereocenters. The predicted molar refractivity (Wildman–Crippen MR) is 194 cm³/mol. The number of aliphatic carboxylic acids is 2. The highest BCUT2D eigenvalue weighted by Crippen LogP contribution is 2.51. The highest BCUT2D eigenvalue weighted by molar-refractivity contribution is 7.99. The van der Waals surface area contributed by atoms with Crippen LogP contribution in [0.4, 0.5) is 11.4 Å². The predicted octanol–water partition coefficient (Wildman–Crippen LogP) is 3.44. The Morgan fingerprint density at radius 2 is 1.45 bits per heavy atom. The van der Waals surface area contributed by atoms with E-state index in [0.717, 1.165) is 13.1 Å². The maximum atomic E-state index is 11.5. The lowest BCUT2D eigenvalue weighted by atomic mass is 9.85. The summed E-state index contributed by atoms with van der Waals surface area (Å²) in [5.74, 6) is -4.50. The second-order valence-corrected chi connectivity index (χ2v) is 14.3. The maximum Gasteiger partial charge on any atom is 0.335 e. The number of hydrogen-bond donors (Lipinski definition) is 8. The molecule has 3 aromatic carbocycles. The van der Waals surface area contributed by atoms with Crippen LogP contribution in [-0.4, -0.2) is 115 Å². The van der Waals surface area contributed by atoms with Crippen LogP contribution in [0.5, 0.6) is 11.5 Å². The van der Waals surface area contributed by atoms with E-state index >= 15 is 0 Å². The third-order valence-corrected chi connectivity index (χ3v) is 9.88. The molecule has 4 atom stereocenters. The van der Waals surface area contributed by atoms with Crippen molar-refractivity contribution in [3.8, 4) is 11.5 Å². The Balaban J connectivity index is 0.000000165. The highest BCUT2D eigenvalue weighted by atomic mass is 32.2. The Morgan fingerprint density at radius 3 is 2.00 bits per heavy atom. The van der Waals surface area contributed by atoms with Crippen molar-refractivity contribution >= 4 is 46.4 Å². The molecule has 0 saturated carbocycles. The van der Waals surface area contributed by atoms with Gasteiger partial charge in [0.2, 0.25) is 11.5 Å². The van der Waals surface area contributed by atoms with E-state index in [-0.39, 0.29) is 30.3 Å². The van der Waals surface area contributed by atoms with E-state index in [4.69, 9.17) is 25.2 Å². The number of benzene rings is 3. The number of fused-ring (bicyclic) bond motifs is 6. The molecule has 53 heavy (non-hydrogen) atoms. The van der Waals surface area contributed by atoms with Crippen LogP contribution in [0.25, 0.3) is 5.57 Å². The lowest BCUT2D eigenvalue weighted by Gasteiger charge is -2.35. The molecule has 0 bridgehead atoms. The van der Waals surface area contributed by atoms with Crippen molar-refractivity contribution in [2.75, 3.05) is 38.7 Å². The molecule has 0 radical (unpaired) electrons. The first kappa shape index (κ1) is 38.9. The van der Waals surface area contributed by atoms with Crippen LogP contribution in [-0.2, 0) is 25.5 Å². The molecule has 2 heterocycles. The summed E-state index contributed by atoms with van der Waals surface area (Å²) in [6.07, 6.45) is -1.63. The fraction of sp³-hybridized carbons (Fsp3) is 0.289. The number of para-hydroxylation sites is 2. The zero-order valence-corrected chi connectivity index (χ0v) is 29.8. The number of hydrogen-bond acceptors (Lipinski definition) is 13. The minimum absolute atomic E-state index is 0.0348. The van der Waals surface area contributed by atoms with Crippen LogP contribution >= 0.6 is 11.8 Å². The smallest absolute Gasteiger partial charge is 0.335 e. The quantitative estimate of drug-likeness (QED) is 0.162. The number of anilines is 2. The second kappa shape index (κ2) is 15.7. The molecule has 2 aliphatic heterocycles. The number of aliphatic hydroxyl groups excluding tert-OH is 3. The van der Waals surface area contributed by atoms with Gasteiger partial charge in [-0.25, -0.2) is 9.59 Å². The van der Waals surface area contributed by atoms with E-state index in [1.54, 1.807) is 0 Å². The van der Waals surface area contributed by atoms with Crippen LogP contribution in [0.2, 0.25) is 0 Å². The van der Waals surface area contributed by atoms with Crippen molar-refractivity contribution in [3.05, 3.63) is 101 Å². The van der Waals surface area contributed by atoms with Crippen molar-refractivity contribution in [2.45, 2.75) is 40.9 Å². The summed E-state index contributed by atoms with van der Waals surface area (Å²) < 4.78 is 5.40. The number of aromatic hydroxyl groups is 2. The van der Waals surface area contributed by atoms with E-state index in [1.165, 1.54) is 45.5 Å². The van der Waals surface area contributed by atoms with Gasteiger partial charge in [0.25, 0.3) is 0 Å². The van der Waals surface area contributed by atoms with E-state index in [0.29, 0.717) is 28.2 Å². The normalized spacial score (nSPS) is 19.5. The van der Waals surface area contributed by atoms with Crippen LogP contribution in [0.3, 0.4) is 0 Å². The Bertz CT molecular complexity index is 1960. The molecule has 280 valence electrons. The van der Waals surface area contributed by atoms with Gasteiger partial charge in [0.05, 0.1) is 11.4 Å². The first-order chi connectivity index (χ1) is 25.0. The molecule has 0 fully saturated rings. The number of aliphatic hydroxyl groups is 4. The average Bonchev–Trinajstić information content (AvgIpc) is 3.40. The van der Waals surface area contributed by atoms with Gasteiger partial charge in [0.15, 0.2) is 29.5 Å². The number of carboxylic acids is 2. The molecule has 8 N–H and O–H groups in total. The fourth-order valence-corrected chi connectivity index (χ4v) is 7.60. The summed E-state index contributed by atoms with van der Waals surface area (Å²) in [6, 6.07) is 20.2. The van der Waals surface area contributed by atoms with Gasteiger partial charge in [-0.05, 0) is 79.7 Å². The van der Waals surface area contributed by atoms with Gasteiger partial charge in [0, 0.05) is 40.4 Å². The number of ether oxygens (including phenoxy) is 1. The number of carbonyl (C=O) groups excluding carboxylic acids is 1. The van der Waals surface area contributed by atoms with E-state index < -0.39 is 41.3 Å². The van der Waals surface area contributed by atoms with Crippen LogP contribution in [0.15, 0.2) is 99.7 Å². The molecule has 0 aromatic heterocycles. The van der Waals surface area contributed by atoms with Crippen LogP contribution < -0.4 is 4.90 Å². The third-order valence-electron chi connectivity index (χ3n) is 8.75. The van der Waals surface area contributed by atoms with Crippen molar-refractivity contribution in [3.63, 3.8) is 0 Å². The molecular weight excluding hydrogens is 708 g/mol. The maximum absolute atomic E-state index is 11.5. The lowest BCUT2D eigenvalue weighted by Crippen LogP contribution is -2.39. The van der Waals surface area contributed by atoms with E-state index in [9.17, 15) is 34.8 Å². The Hall–Kier alpha value is -5.32. The number of allylic oxidation sites excluding steroid dienone is 2. The van der Waals surface area contributed by atoms with E-state index in [2.05, 4.69) is 79.3 Å². The molecule has 0 spiro atoms. The standard InChI is InChI=1S/C18H22N2S.C16H12O6.C4H6O6/c1-14(12-19(2)3)13-20-15-8-4-6-10-17(15)21-18-11-7-5-9-16(18)20;17-10-2-1-8-13-9-4-12(19)11(18)3-7(9)5-16(13,21)6-22-15(8)14(10)20;5-1(3(7)8)2(6)4(9)10/h4-11,14H,12-13H2,1-3H3;1-4,18-21H,5-6H2;1-2,5-6H,(H,7,8)(H,9,10). The summed E-state index contributed by atoms with van der Waals surface area (Å²) in [7, 11) is 4.29. The molecule has 0 amide bonds. The van der Waals surface area contributed by atoms with Gasteiger partial charge >= 0.3 is 11.9 Å². The third kappa shape index (κ3) is 8.19. The Kier molecular flexibility index (Phi) is 11.5. The Morgan fingerprint density at radius 1 is 0.906 bits per heavy atom. The fourth-order valence-electron chi connectivity index (χ4n) is 6.50. The van der Waals surface area contributed by atoms with Crippen molar-refractivity contribution in [1.29, 1.82) is 0 Å². The first-order valence-corrected chi connectivity index (χ1v) is 17.2. The van der Waals surface area contributed by atoms with Gasteiger partial charge in [-0.1, -0.05) is 43.0 Å². The molecule has 4 aliphatic rings. The molecule has 14 nitrogen and oxygen atoms in total. The SMILES string of the molecule is CC(CN(C)C)CN1c2ccccc2Sc2ccccc21.O=C(O)C(O)C(O)C(=O)O.O=C1C=CC2=C3c4cc(O)c(O)cc4CC3(O)COC2=C1O. The number of nitrogens with zero attached hydrogens (tertiary/aromatic N) is 2. The van der Waals surface area contributed by atoms with E-state index in [1.807, 2.05) is 11.8 Å². The summed E-state index contributed by atoms with van der Waals surface area (Å²) in [4.78, 5) is 38.5. The minimum atomic E-state index is -2.27. The molecule has 15 heteroatoms. The summed E-state index contributed by atoms with van der Waals surface area (Å²) in [5, 5.41) is 72.6. The molecule has 7 rings (SSSR count). The summed E-state index contributed by atoms with van der Waals surface area (Å²) >= 11 is 1.88. The number of phenolic OH excluding ortho intramolecular Hbond substituents is 2. The number of carbonyl (C=O) groups is 3. The highest BCUT2D eigenvalue weighted by Gasteiger charge is 2.48. The average molecular weight is 749 g/mol. The number of phenols is 2. The second-order valence-electron chi connectivity index (χ2n) is 13.2. The minimum Gasteiger partial charge on any atom is -0.504 e. The first-order valence-electron chi connectivity index (χ1n) is 16.4. The molecule has 0 saturated heterocycles. The van der Waals surface area contributed by atoms with Crippen LogP contribution in [0, 0.1) is 5.92 Å². The summed E-state index contributed by atoms with van der Waals surface area (Å²) in [6.45, 7) is 4.36. The number of carboxylic acid groups (broad SMARTS) is 2. The molecule has 3 aromatic rings. The van der Waals surface area contributed by atoms with Gasteiger partial charge < -0.3 is 55.4 Å². The van der Waals surface area contributed by atoms with Gasteiger partial charge in [-0.2, -0.15) is 0 Å². The lowest BCUT2D eigenvalue weighted by molar-refractivity contribution is -0.165. The van der Waals surface area contributed by atoms with Gasteiger partial charge in [-0.15, -0.1) is 0 Å². The van der Waals surface area contributed by atoms with Gasteiger partial charge in [0.1, 0.15) is 12.2 Å². The molecular formula is C38H40N2O12S. The van der Waals surface area contributed by atoms with Gasteiger partial charge in [-0.3, -0.25) is 4.79 Å². The zero-order chi connectivity index (χ0) is 38.8. The molecule has 2 aliphatic carbocycles. The van der Waals surface area contributed by atoms with Crippen molar-refractivity contribution in [1.82, 2.24) is 4.90 Å². The zero-order valence-electron chi connectivity index (χ0n) is 29.0. The van der Waals surface area contributed by atoms with Crippen molar-refractivity contribution < 1.29 is 60.0 Å². The number of rotatable bonds is 7. The topological polar surface area (TPSA) is 229 Å². The largest absolute Gasteiger partial charge is 0.504 e. The number of ketones is 1.